The van der Waals surface area contributed by atoms with Crippen molar-refractivity contribution >= 4 is 28.9 Å². The van der Waals surface area contributed by atoms with Gasteiger partial charge in [0.2, 0.25) is 0 Å². The molecule has 0 aliphatic carbocycles. The van der Waals surface area contributed by atoms with Crippen molar-refractivity contribution in [1.29, 1.82) is 0 Å². The summed E-state index contributed by atoms with van der Waals surface area (Å²) in [5, 5.41) is 0. The van der Waals surface area contributed by atoms with Crippen LogP contribution in [-0.4, -0.2) is 17.0 Å². The zero-order valence-electron chi connectivity index (χ0n) is 13.5. The molecule has 1 aliphatic heterocycles. The maximum absolute atomic E-state index is 12.7. The lowest BCUT2D eigenvalue weighted by molar-refractivity contribution is 0.101. The molecule has 0 spiro atoms. The Morgan fingerprint density at radius 2 is 2.20 bits per heavy atom. The van der Waals surface area contributed by atoms with Crippen molar-refractivity contribution in [3.63, 3.8) is 0 Å². The van der Waals surface area contributed by atoms with Crippen molar-refractivity contribution in [2.45, 2.75) is 13.6 Å². The molecule has 2 aromatic heterocycles. The van der Waals surface area contributed by atoms with Crippen LogP contribution in [0.1, 0.15) is 23.0 Å². The van der Waals surface area contributed by atoms with Gasteiger partial charge < -0.3 is 9.32 Å². The molecule has 0 amide bonds. The Bertz CT molecular complexity index is 1110. The molecule has 3 aromatic rings. The molecule has 0 bridgehead atoms. The van der Waals surface area contributed by atoms with Gasteiger partial charge in [0, 0.05) is 17.3 Å². The van der Waals surface area contributed by atoms with Crippen molar-refractivity contribution in [1.82, 2.24) is 4.57 Å². The Hall–Kier alpha value is -2.93. The number of thiazole rings is 1. The van der Waals surface area contributed by atoms with Crippen molar-refractivity contribution < 1.29 is 9.21 Å². The summed E-state index contributed by atoms with van der Waals surface area (Å²) in [5.41, 5.74) is 1.43. The molecule has 0 saturated heterocycles. The van der Waals surface area contributed by atoms with Crippen LogP contribution in [0.4, 0.5) is 5.69 Å². The first-order chi connectivity index (χ1) is 12.1. The number of Topliss-reactive ketones (excluding diaryl/α,β-unsaturated/α-hetero) is 1. The van der Waals surface area contributed by atoms with Gasteiger partial charge in [-0.3, -0.25) is 14.2 Å². The van der Waals surface area contributed by atoms with Crippen LogP contribution >= 0.6 is 11.3 Å². The van der Waals surface area contributed by atoms with E-state index in [1.165, 1.54) is 18.3 Å². The summed E-state index contributed by atoms with van der Waals surface area (Å²) in [6.07, 6.45) is 3.31. The van der Waals surface area contributed by atoms with Crippen molar-refractivity contribution in [2.75, 3.05) is 11.6 Å². The summed E-state index contributed by atoms with van der Waals surface area (Å²) in [4.78, 5) is 31.4. The standard InChI is InChI=1S/C18H15N3O3S/c1-12(22)13-4-2-5-14(8-13)20-10-19-18-21(11-20)17(23)16(25-18)9-15-6-3-7-24-15/h2-9H,10-11H2,1H3/b16-9+. The van der Waals surface area contributed by atoms with E-state index >= 15 is 0 Å². The molecule has 0 atom stereocenters. The highest BCUT2D eigenvalue weighted by Gasteiger charge is 2.16. The van der Waals surface area contributed by atoms with Crippen LogP contribution in [0.15, 0.2) is 56.9 Å². The number of carbonyl (C=O) groups excluding carboxylic acids is 1. The van der Waals surface area contributed by atoms with E-state index in [9.17, 15) is 9.59 Å². The second-order valence-electron chi connectivity index (χ2n) is 5.73. The zero-order valence-corrected chi connectivity index (χ0v) is 14.3. The molecule has 1 aliphatic rings. The third-order valence-electron chi connectivity index (χ3n) is 4.01. The summed E-state index contributed by atoms with van der Waals surface area (Å²) in [7, 11) is 0. The summed E-state index contributed by atoms with van der Waals surface area (Å²) in [6, 6.07) is 11.0. The lowest BCUT2D eigenvalue weighted by Gasteiger charge is -2.25. The number of anilines is 1. The van der Waals surface area contributed by atoms with E-state index in [0.29, 0.717) is 34.0 Å². The van der Waals surface area contributed by atoms with Crippen LogP contribution in [-0.2, 0) is 6.67 Å². The molecule has 3 heterocycles. The maximum atomic E-state index is 12.7. The van der Waals surface area contributed by atoms with Gasteiger partial charge in [-0.15, -0.1) is 0 Å². The fourth-order valence-corrected chi connectivity index (χ4v) is 3.64. The smallest absolute Gasteiger partial charge is 0.271 e. The highest BCUT2D eigenvalue weighted by molar-refractivity contribution is 7.07. The third-order valence-corrected chi connectivity index (χ3v) is 5.06. The molecule has 0 radical (unpaired) electrons. The van der Waals surface area contributed by atoms with Gasteiger partial charge >= 0.3 is 0 Å². The minimum Gasteiger partial charge on any atom is -0.465 e. The molecule has 126 valence electrons. The van der Waals surface area contributed by atoms with Crippen LogP contribution in [0.25, 0.3) is 6.08 Å². The number of carbonyl (C=O) groups is 1. The molecule has 0 fully saturated rings. The average molecular weight is 353 g/mol. The number of hydrogen-bond donors (Lipinski definition) is 0. The van der Waals surface area contributed by atoms with E-state index in [2.05, 4.69) is 4.99 Å². The minimum atomic E-state index is -0.0902. The number of hydrogen-bond acceptors (Lipinski definition) is 6. The SMILES string of the molecule is CC(=O)c1cccc(N2CN=c3s/c(=C/c4ccco4)c(=O)n3C2)c1. The number of fused-ring (bicyclic) bond motifs is 1. The largest absolute Gasteiger partial charge is 0.465 e. The van der Waals surface area contributed by atoms with Crippen LogP contribution in [0, 0.1) is 0 Å². The number of benzene rings is 1. The molecule has 4 rings (SSSR count). The highest BCUT2D eigenvalue weighted by atomic mass is 32.1. The number of nitrogens with zero attached hydrogens (tertiary/aromatic N) is 3. The summed E-state index contributed by atoms with van der Waals surface area (Å²) >= 11 is 1.35. The summed E-state index contributed by atoms with van der Waals surface area (Å²) < 4.78 is 7.51. The van der Waals surface area contributed by atoms with Gasteiger partial charge in [0.1, 0.15) is 19.1 Å². The quantitative estimate of drug-likeness (QED) is 0.671. The molecule has 0 unspecified atom stereocenters. The molecular formula is C18H15N3O3S. The minimum absolute atomic E-state index is 0.0134. The molecule has 0 N–H and O–H groups in total. The number of aromatic nitrogens is 1. The zero-order chi connectivity index (χ0) is 17.4. The Balaban J connectivity index is 1.71. The van der Waals surface area contributed by atoms with Crippen molar-refractivity contribution in [3.8, 4) is 0 Å². The predicted octanol–water partition coefficient (Wildman–Crippen LogP) is 1.59. The first-order valence-corrected chi connectivity index (χ1v) is 8.59. The van der Waals surface area contributed by atoms with Gasteiger partial charge in [0.25, 0.3) is 5.56 Å². The Kier molecular flexibility index (Phi) is 3.85. The Labute approximate surface area is 147 Å². The molecule has 1 aromatic carbocycles. The van der Waals surface area contributed by atoms with Gasteiger partial charge in [-0.05, 0) is 31.2 Å². The number of rotatable bonds is 3. The van der Waals surface area contributed by atoms with Crippen molar-refractivity contribution in [3.05, 3.63) is 73.7 Å². The fourth-order valence-electron chi connectivity index (χ4n) is 2.70. The molecular weight excluding hydrogens is 338 g/mol. The lowest BCUT2D eigenvalue weighted by atomic mass is 10.1. The normalized spacial score (nSPS) is 14.3. The van der Waals surface area contributed by atoms with E-state index in [0.717, 1.165) is 5.69 Å². The van der Waals surface area contributed by atoms with E-state index in [-0.39, 0.29) is 11.3 Å². The molecule has 6 nitrogen and oxygen atoms in total. The Morgan fingerprint density at radius 1 is 1.32 bits per heavy atom. The second kappa shape index (κ2) is 6.18. The van der Waals surface area contributed by atoms with Gasteiger partial charge in [-0.25, -0.2) is 4.99 Å². The molecule has 0 saturated carbocycles. The van der Waals surface area contributed by atoms with E-state index in [4.69, 9.17) is 4.42 Å². The maximum Gasteiger partial charge on any atom is 0.271 e. The molecule has 7 heteroatoms. The van der Waals surface area contributed by atoms with Gasteiger partial charge in [0.15, 0.2) is 10.6 Å². The topological polar surface area (TPSA) is 67.8 Å². The number of furan rings is 1. The monoisotopic (exact) mass is 353 g/mol. The third kappa shape index (κ3) is 2.94. The summed E-state index contributed by atoms with van der Waals surface area (Å²) in [6.45, 7) is 2.39. The van der Waals surface area contributed by atoms with Gasteiger partial charge in [0.05, 0.1) is 10.8 Å². The molecule has 25 heavy (non-hydrogen) atoms. The van der Waals surface area contributed by atoms with Crippen LogP contribution in [0.5, 0.6) is 0 Å². The van der Waals surface area contributed by atoms with E-state index in [1.807, 2.05) is 23.1 Å². The first kappa shape index (κ1) is 15.6. The van der Waals surface area contributed by atoms with Crippen molar-refractivity contribution in [2.24, 2.45) is 4.99 Å². The number of ketones is 1. The average Bonchev–Trinajstić information content (AvgIpc) is 3.24. The fraction of sp³-hybridized carbons (Fsp3) is 0.167. The predicted molar refractivity (Wildman–Crippen MR) is 95.4 cm³/mol. The first-order valence-electron chi connectivity index (χ1n) is 7.77. The van der Waals surface area contributed by atoms with Crippen LogP contribution in [0.2, 0.25) is 0 Å². The van der Waals surface area contributed by atoms with E-state index < -0.39 is 0 Å². The van der Waals surface area contributed by atoms with Gasteiger partial charge in [-0.2, -0.15) is 0 Å². The van der Waals surface area contributed by atoms with Crippen LogP contribution < -0.4 is 19.8 Å². The second-order valence-corrected chi connectivity index (χ2v) is 6.74. The Morgan fingerprint density at radius 3 is 2.96 bits per heavy atom. The summed E-state index contributed by atoms with van der Waals surface area (Å²) in [5.74, 6) is 0.654. The highest BCUT2D eigenvalue weighted by Crippen LogP contribution is 2.18. The van der Waals surface area contributed by atoms with Crippen LogP contribution in [0.3, 0.4) is 0 Å². The van der Waals surface area contributed by atoms with E-state index in [1.54, 1.807) is 35.1 Å². The lowest BCUT2D eigenvalue weighted by Crippen LogP contribution is -2.42. The van der Waals surface area contributed by atoms with Gasteiger partial charge in [-0.1, -0.05) is 23.5 Å².